The maximum atomic E-state index is 11.0. The fraction of sp³-hybridized carbons (Fsp3) is 0.231. The second kappa shape index (κ2) is 5.87. The third-order valence-electron chi connectivity index (χ3n) is 2.82. The summed E-state index contributed by atoms with van der Waals surface area (Å²) in [6.07, 6.45) is 1.50. The summed E-state index contributed by atoms with van der Waals surface area (Å²) in [4.78, 5) is 26.2. The van der Waals surface area contributed by atoms with Crippen molar-refractivity contribution in [3.05, 3.63) is 40.6 Å². The second-order valence-corrected chi connectivity index (χ2v) is 5.35. The summed E-state index contributed by atoms with van der Waals surface area (Å²) in [6, 6.07) is 6.50. The molecule has 1 N–H and O–H groups in total. The average Bonchev–Trinajstić information content (AvgIpc) is 2.43. The Morgan fingerprint density at radius 2 is 2.25 bits per heavy atom. The van der Waals surface area contributed by atoms with Gasteiger partial charge < -0.3 is 5.11 Å². The number of carboxylic acids is 1. The Morgan fingerprint density at radius 1 is 1.50 bits per heavy atom. The lowest BCUT2D eigenvalue weighted by Gasteiger charge is -2.08. The van der Waals surface area contributed by atoms with Crippen molar-refractivity contribution in [2.24, 2.45) is 5.92 Å². The lowest BCUT2D eigenvalue weighted by molar-refractivity contribution is -0.383. The first kappa shape index (κ1) is 14.3. The van der Waals surface area contributed by atoms with Gasteiger partial charge >= 0.3 is 5.97 Å². The van der Waals surface area contributed by atoms with Crippen LogP contribution in [0.2, 0.25) is 0 Å². The molecule has 0 bridgehead atoms. The molecule has 2 rings (SSSR count). The van der Waals surface area contributed by atoms with Gasteiger partial charge in [0.15, 0.2) is 0 Å². The van der Waals surface area contributed by atoms with E-state index in [1.807, 2.05) is 0 Å². The van der Waals surface area contributed by atoms with Gasteiger partial charge in [-0.3, -0.25) is 14.9 Å². The fourth-order valence-electron chi connectivity index (χ4n) is 1.69. The number of carbonyl (C=O) groups is 1. The van der Waals surface area contributed by atoms with E-state index in [2.05, 4.69) is 4.98 Å². The van der Waals surface area contributed by atoms with E-state index in [9.17, 15) is 14.9 Å². The van der Waals surface area contributed by atoms with E-state index >= 15 is 0 Å². The first-order valence-corrected chi connectivity index (χ1v) is 6.87. The SMILES string of the molecule is CC(CSc1ccc([N+](=O)[O-])c2ncccc12)C(=O)O. The molecule has 1 unspecified atom stereocenters. The number of thioether (sulfide) groups is 1. The van der Waals surface area contributed by atoms with Crippen LogP contribution in [0.4, 0.5) is 5.69 Å². The summed E-state index contributed by atoms with van der Waals surface area (Å²) in [7, 11) is 0. The van der Waals surface area contributed by atoms with Gasteiger partial charge in [0, 0.05) is 28.3 Å². The van der Waals surface area contributed by atoms with Gasteiger partial charge in [-0.25, -0.2) is 4.98 Å². The van der Waals surface area contributed by atoms with Crippen LogP contribution in [0.3, 0.4) is 0 Å². The number of aliphatic carboxylic acids is 1. The average molecular weight is 292 g/mol. The number of fused-ring (bicyclic) bond motifs is 1. The maximum absolute atomic E-state index is 11.0. The smallest absolute Gasteiger partial charge is 0.307 e. The van der Waals surface area contributed by atoms with Crippen LogP contribution in [-0.2, 0) is 4.79 Å². The van der Waals surface area contributed by atoms with Crippen molar-refractivity contribution in [2.75, 3.05) is 5.75 Å². The predicted octanol–water partition coefficient (Wildman–Crippen LogP) is 2.96. The van der Waals surface area contributed by atoms with Crippen LogP contribution in [-0.4, -0.2) is 26.7 Å². The number of hydrogen-bond donors (Lipinski definition) is 1. The van der Waals surface area contributed by atoms with Crippen molar-refractivity contribution in [3.8, 4) is 0 Å². The van der Waals surface area contributed by atoms with Crippen molar-refractivity contribution in [1.29, 1.82) is 0 Å². The van der Waals surface area contributed by atoms with Crippen molar-refractivity contribution >= 4 is 34.3 Å². The molecule has 0 aliphatic carbocycles. The number of nitrogens with zero attached hydrogens (tertiary/aromatic N) is 2. The molecule has 2 aromatic rings. The normalized spacial score (nSPS) is 12.2. The van der Waals surface area contributed by atoms with Crippen molar-refractivity contribution in [2.45, 2.75) is 11.8 Å². The molecular weight excluding hydrogens is 280 g/mol. The molecule has 20 heavy (non-hydrogen) atoms. The van der Waals surface area contributed by atoms with Gasteiger partial charge in [-0.1, -0.05) is 6.92 Å². The number of nitro groups is 1. The molecule has 0 amide bonds. The topological polar surface area (TPSA) is 93.3 Å². The number of hydrogen-bond acceptors (Lipinski definition) is 5. The van der Waals surface area contributed by atoms with Crippen LogP contribution in [0.5, 0.6) is 0 Å². The van der Waals surface area contributed by atoms with Gasteiger partial charge in [0.25, 0.3) is 5.69 Å². The first-order chi connectivity index (χ1) is 9.50. The molecule has 0 radical (unpaired) electrons. The molecule has 0 spiro atoms. The van der Waals surface area contributed by atoms with Crippen LogP contribution >= 0.6 is 11.8 Å². The Kier molecular flexibility index (Phi) is 4.19. The van der Waals surface area contributed by atoms with E-state index in [1.54, 1.807) is 25.1 Å². The van der Waals surface area contributed by atoms with Crippen LogP contribution < -0.4 is 0 Å². The molecular formula is C13H12N2O4S. The molecule has 0 saturated carbocycles. The highest BCUT2D eigenvalue weighted by atomic mass is 32.2. The van der Waals surface area contributed by atoms with Gasteiger partial charge in [0.2, 0.25) is 0 Å². The Hall–Kier alpha value is -2.15. The molecule has 6 nitrogen and oxygen atoms in total. The summed E-state index contributed by atoms with van der Waals surface area (Å²) in [5, 5.41) is 20.5. The van der Waals surface area contributed by atoms with E-state index in [4.69, 9.17) is 5.11 Å². The number of nitro benzene ring substituents is 1. The molecule has 1 heterocycles. The number of aromatic nitrogens is 1. The highest BCUT2D eigenvalue weighted by Crippen LogP contribution is 2.33. The minimum Gasteiger partial charge on any atom is -0.481 e. The quantitative estimate of drug-likeness (QED) is 0.517. The molecule has 0 aliphatic heterocycles. The van der Waals surface area contributed by atoms with E-state index in [0.29, 0.717) is 16.7 Å². The van der Waals surface area contributed by atoms with Gasteiger partial charge in [-0.05, 0) is 18.2 Å². The zero-order valence-corrected chi connectivity index (χ0v) is 11.5. The number of non-ortho nitro benzene ring substituents is 1. The van der Waals surface area contributed by atoms with Gasteiger partial charge in [0.05, 0.1) is 10.8 Å². The number of carboxylic acid groups (broad SMARTS) is 1. The molecule has 1 aromatic heterocycles. The molecule has 0 saturated heterocycles. The Bertz CT molecular complexity index is 674. The van der Waals surface area contributed by atoms with Crippen molar-refractivity contribution < 1.29 is 14.8 Å². The van der Waals surface area contributed by atoms with E-state index < -0.39 is 16.8 Å². The Balaban J connectivity index is 2.38. The third-order valence-corrected chi connectivity index (χ3v) is 4.15. The van der Waals surface area contributed by atoms with E-state index in [1.165, 1.54) is 24.0 Å². The zero-order chi connectivity index (χ0) is 14.7. The maximum Gasteiger partial charge on any atom is 0.307 e. The zero-order valence-electron chi connectivity index (χ0n) is 10.6. The molecule has 1 aromatic carbocycles. The van der Waals surface area contributed by atoms with Crippen molar-refractivity contribution in [1.82, 2.24) is 4.98 Å². The minimum absolute atomic E-state index is 0.0452. The summed E-state index contributed by atoms with van der Waals surface area (Å²) >= 11 is 1.36. The van der Waals surface area contributed by atoms with Gasteiger partial charge in [-0.15, -0.1) is 11.8 Å². The monoisotopic (exact) mass is 292 g/mol. The fourth-order valence-corrected chi connectivity index (χ4v) is 2.75. The molecule has 0 aliphatic rings. The van der Waals surface area contributed by atoms with Crippen molar-refractivity contribution in [3.63, 3.8) is 0 Å². The lowest BCUT2D eigenvalue weighted by atomic mass is 10.2. The van der Waals surface area contributed by atoms with Crippen LogP contribution in [0.25, 0.3) is 10.9 Å². The van der Waals surface area contributed by atoms with E-state index in [-0.39, 0.29) is 5.69 Å². The van der Waals surface area contributed by atoms with Crippen LogP contribution in [0.15, 0.2) is 35.4 Å². The highest BCUT2D eigenvalue weighted by Gasteiger charge is 2.17. The number of benzene rings is 1. The summed E-state index contributed by atoms with van der Waals surface area (Å²) in [6.45, 7) is 1.63. The van der Waals surface area contributed by atoms with Crippen LogP contribution in [0, 0.1) is 16.0 Å². The molecule has 0 fully saturated rings. The minimum atomic E-state index is -0.859. The highest BCUT2D eigenvalue weighted by molar-refractivity contribution is 7.99. The predicted molar refractivity (Wildman–Crippen MR) is 75.9 cm³/mol. The Labute approximate surface area is 119 Å². The van der Waals surface area contributed by atoms with Gasteiger partial charge in [0.1, 0.15) is 5.52 Å². The summed E-state index contributed by atoms with van der Waals surface area (Å²) < 4.78 is 0. The third kappa shape index (κ3) is 2.88. The van der Waals surface area contributed by atoms with Crippen LogP contribution in [0.1, 0.15) is 6.92 Å². The molecule has 7 heteroatoms. The summed E-state index contributed by atoms with van der Waals surface area (Å²) in [5.74, 6) is -0.944. The number of rotatable bonds is 5. The molecule has 104 valence electrons. The van der Waals surface area contributed by atoms with E-state index in [0.717, 1.165) is 4.90 Å². The van der Waals surface area contributed by atoms with Gasteiger partial charge in [-0.2, -0.15) is 0 Å². The first-order valence-electron chi connectivity index (χ1n) is 5.88. The summed E-state index contributed by atoms with van der Waals surface area (Å²) in [5.41, 5.74) is 0.279. The standard InChI is InChI=1S/C13H12N2O4S/c1-8(13(16)17)7-20-11-5-4-10(15(18)19)12-9(11)3-2-6-14-12/h2-6,8H,7H2,1H3,(H,16,17). The number of pyridine rings is 1. The largest absolute Gasteiger partial charge is 0.481 e. The second-order valence-electron chi connectivity index (χ2n) is 4.29. The Morgan fingerprint density at radius 3 is 2.90 bits per heavy atom. The lowest BCUT2D eigenvalue weighted by Crippen LogP contribution is -2.11. The molecule has 1 atom stereocenters.